The SMILES string of the molecule is FC1=C(F)CC(F)(Cl)C=C1. The van der Waals surface area contributed by atoms with E-state index in [1.165, 1.54) is 0 Å². The maximum absolute atomic E-state index is 12.5. The van der Waals surface area contributed by atoms with Gasteiger partial charge in [-0.15, -0.1) is 0 Å². The highest BCUT2D eigenvalue weighted by molar-refractivity contribution is 6.24. The zero-order chi connectivity index (χ0) is 7.78. The molecule has 1 rings (SSSR count). The fourth-order valence-corrected chi connectivity index (χ4v) is 0.816. The summed E-state index contributed by atoms with van der Waals surface area (Å²) in [6.07, 6.45) is 0.746. The largest absolute Gasteiger partial charge is 0.221 e. The van der Waals surface area contributed by atoms with Crippen LogP contribution < -0.4 is 0 Å². The highest BCUT2D eigenvalue weighted by Crippen LogP contribution is 2.34. The van der Waals surface area contributed by atoms with Gasteiger partial charge < -0.3 is 0 Å². The van der Waals surface area contributed by atoms with Crippen LogP contribution in [0, 0.1) is 0 Å². The van der Waals surface area contributed by atoms with Gasteiger partial charge in [0.2, 0.25) is 5.13 Å². The molecule has 0 radical (unpaired) electrons. The lowest BCUT2D eigenvalue weighted by atomic mass is 10.1. The molecule has 0 heterocycles. The van der Waals surface area contributed by atoms with Crippen molar-refractivity contribution in [3.63, 3.8) is 0 Å². The van der Waals surface area contributed by atoms with E-state index in [0.717, 1.165) is 6.08 Å². The maximum atomic E-state index is 12.5. The normalized spacial score (nSPS) is 33.2. The Balaban J connectivity index is 2.85. The summed E-state index contributed by atoms with van der Waals surface area (Å²) in [6.45, 7) is 0. The second kappa shape index (κ2) is 2.31. The molecule has 0 aromatic carbocycles. The van der Waals surface area contributed by atoms with E-state index in [0.29, 0.717) is 6.08 Å². The highest BCUT2D eigenvalue weighted by atomic mass is 35.5. The van der Waals surface area contributed by atoms with Crippen molar-refractivity contribution in [2.45, 2.75) is 11.5 Å². The molecule has 0 N–H and O–H groups in total. The van der Waals surface area contributed by atoms with E-state index in [9.17, 15) is 13.2 Å². The Morgan fingerprint density at radius 3 is 2.50 bits per heavy atom. The molecular weight excluding hydrogens is 165 g/mol. The van der Waals surface area contributed by atoms with Crippen molar-refractivity contribution >= 4 is 11.6 Å². The monoisotopic (exact) mass is 168 g/mol. The van der Waals surface area contributed by atoms with Gasteiger partial charge in [-0.3, -0.25) is 0 Å². The molecule has 0 fully saturated rings. The van der Waals surface area contributed by atoms with E-state index in [1.807, 2.05) is 0 Å². The lowest BCUT2D eigenvalue weighted by Crippen LogP contribution is -2.13. The Morgan fingerprint density at radius 2 is 2.10 bits per heavy atom. The number of hydrogen-bond acceptors (Lipinski definition) is 0. The average molecular weight is 169 g/mol. The molecule has 0 aliphatic heterocycles. The predicted octanol–water partition coefficient (Wildman–Crippen LogP) is 3.00. The highest BCUT2D eigenvalue weighted by Gasteiger charge is 2.29. The third kappa shape index (κ3) is 1.53. The summed E-state index contributed by atoms with van der Waals surface area (Å²) >= 11 is 5.04. The Labute approximate surface area is 61.0 Å². The van der Waals surface area contributed by atoms with Crippen LogP contribution in [0.15, 0.2) is 23.8 Å². The van der Waals surface area contributed by atoms with Crippen LogP contribution in [-0.4, -0.2) is 5.13 Å². The minimum Gasteiger partial charge on any atom is -0.221 e. The van der Waals surface area contributed by atoms with E-state index in [1.54, 1.807) is 0 Å². The molecule has 0 aromatic heterocycles. The van der Waals surface area contributed by atoms with Crippen LogP contribution in [0.2, 0.25) is 0 Å². The Bertz CT molecular complexity index is 205. The van der Waals surface area contributed by atoms with E-state index in [-0.39, 0.29) is 0 Å². The summed E-state index contributed by atoms with van der Waals surface area (Å²) in [6, 6.07) is 0. The van der Waals surface area contributed by atoms with Gasteiger partial charge in [-0.1, -0.05) is 11.6 Å². The van der Waals surface area contributed by atoms with Crippen molar-refractivity contribution in [2.24, 2.45) is 0 Å². The van der Waals surface area contributed by atoms with Crippen molar-refractivity contribution in [1.29, 1.82) is 0 Å². The van der Waals surface area contributed by atoms with Crippen LogP contribution in [0.1, 0.15) is 6.42 Å². The fourth-order valence-electron chi connectivity index (χ4n) is 0.636. The second-order valence-electron chi connectivity index (χ2n) is 2.02. The molecule has 0 bridgehead atoms. The summed E-state index contributed by atoms with van der Waals surface area (Å²) < 4.78 is 36.8. The molecule has 0 nitrogen and oxygen atoms in total. The minimum atomic E-state index is -2.25. The number of allylic oxidation sites excluding steroid dienone is 4. The summed E-state index contributed by atoms with van der Waals surface area (Å²) in [4.78, 5) is 0. The van der Waals surface area contributed by atoms with Crippen molar-refractivity contribution in [2.75, 3.05) is 0 Å². The molecular formula is C6H4ClF3. The Hall–Kier alpha value is -0.440. The van der Waals surface area contributed by atoms with Gasteiger partial charge in [0.1, 0.15) is 5.83 Å². The van der Waals surface area contributed by atoms with Gasteiger partial charge in [-0.2, -0.15) is 0 Å². The van der Waals surface area contributed by atoms with Gasteiger partial charge in [0.15, 0.2) is 5.83 Å². The maximum Gasteiger partial charge on any atom is 0.208 e. The summed E-state index contributed by atoms with van der Waals surface area (Å²) in [5.74, 6) is -2.19. The molecule has 4 heteroatoms. The fraction of sp³-hybridized carbons (Fsp3) is 0.333. The molecule has 1 atom stereocenters. The zero-order valence-electron chi connectivity index (χ0n) is 4.87. The van der Waals surface area contributed by atoms with Crippen molar-refractivity contribution in [1.82, 2.24) is 0 Å². The summed E-state index contributed by atoms with van der Waals surface area (Å²) in [5, 5.41) is -2.25. The van der Waals surface area contributed by atoms with Crippen LogP contribution in [0.25, 0.3) is 0 Å². The molecule has 0 saturated carbocycles. The first-order valence-electron chi connectivity index (χ1n) is 2.62. The first kappa shape index (κ1) is 7.66. The topological polar surface area (TPSA) is 0 Å². The van der Waals surface area contributed by atoms with Gasteiger partial charge in [0.25, 0.3) is 0 Å². The second-order valence-corrected chi connectivity index (χ2v) is 2.65. The molecule has 1 aliphatic rings. The molecule has 1 aliphatic carbocycles. The molecule has 0 saturated heterocycles. The number of alkyl halides is 2. The van der Waals surface area contributed by atoms with Crippen molar-refractivity contribution < 1.29 is 13.2 Å². The Morgan fingerprint density at radius 1 is 1.50 bits per heavy atom. The number of hydrogen-bond donors (Lipinski definition) is 0. The van der Waals surface area contributed by atoms with Gasteiger partial charge in [0.05, 0.1) is 6.42 Å². The smallest absolute Gasteiger partial charge is 0.208 e. The lowest BCUT2D eigenvalue weighted by molar-refractivity contribution is 0.311. The van der Waals surface area contributed by atoms with E-state index in [4.69, 9.17) is 11.6 Å². The average Bonchev–Trinajstić information content (AvgIpc) is 1.79. The van der Waals surface area contributed by atoms with Gasteiger partial charge in [-0.25, -0.2) is 13.2 Å². The zero-order valence-corrected chi connectivity index (χ0v) is 5.63. The van der Waals surface area contributed by atoms with Crippen LogP contribution >= 0.6 is 11.6 Å². The molecule has 56 valence electrons. The van der Waals surface area contributed by atoms with Crippen LogP contribution in [0.4, 0.5) is 13.2 Å². The quantitative estimate of drug-likeness (QED) is 0.488. The first-order valence-corrected chi connectivity index (χ1v) is 3.00. The molecule has 10 heavy (non-hydrogen) atoms. The van der Waals surface area contributed by atoms with E-state index in [2.05, 4.69) is 0 Å². The number of rotatable bonds is 0. The van der Waals surface area contributed by atoms with Crippen LogP contribution in [0.3, 0.4) is 0 Å². The molecule has 0 amide bonds. The molecule has 1 unspecified atom stereocenters. The third-order valence-electron chi connectivity index (χ3n) is 1.12. The predicted molar refractivity (Wildman–Crippen MR) is 32.7 cm³/mol. The lowest BCUT2D eigenvalue weighted by Gasteiger charge is -2.14. The summed E-state index contributed by atoms with van der Waals surface area (Å²) in [7, 11) is 0. The van der Waals surface area contributed by atoms with Gasteiger partial charge in [0, 0.05) is 0 Å². The van der Waals surface area contributed by atoms with Gasteiger partial charge >= 0.3 is 0 Å². The number of halogens is 4. The first-order chi connectivity index (χ1) is 4.51. The summed E-state index contributed by atoms with van der Waals surface area (Å²) in [5.41, 5.74) is 0. The third-order valence-corrected chi connectivity index (χ3v) is 1.38. The van der Waals surface area contributed by atoms with Gasteiger partial charge in [-0.05, 0) is 12.2 Å². The van der Waals surface area contributed by atoms with Crippen molar-refractivity contribution in [3.05, 3.63) is 23.8 Å². The Kier molecular flexibility index (Phi) is 1.77. The molecule has 0 spiro atoms. The van der Waals surface area contributed by atoms with Crippen LogP contribution in [0.5, 0.6) is 0 Å². The van der Waals surface area contributed by atoms with E-state index >= 15 is 0 Å². The van der Waals surface area contributed by atoms with Crippen molar-refractivity contribution in [3.8, 4) is 0 Å². The van der Waals surface area contributed by atoms with Crippen LogP contribution in [-0.2, 0) is 0 Å². The minimum absolute atomic E-state index is 0.686. The standard InChI is InChI=1S/C6H4ClF3/c7-6(10)2-1-4(8)5(9)3-6/h1-2H,3H2. The van der Waals surface area contributed by atoms with E-state index < -0.39 is 23.2 Å². The molecule has 0 aromatic rings.